The van der Waals surface area contributed by atoms with Gasteiger partial charge in [-0.25, -0.2) is 15.0 Å². The van der Waals surface area contributed by atoms with Crippen molar-refractivity contribution in [3.63, 3.8) is 0 Å². The van der Waals surface area contributed by atoms with Gasteiger partial charge in [0.15, 0.2) is 5.82 Å². The van der Waals surface area contributed by atoms with E-state index >= 15 is 0 Å². The SMILES string of the molecule is Cc1nc(C)nc(-c2cc(C#N)ccc2-n2c3cc(-c4ccc(C#N)cc4)ccc3c3ccc(-c4ccc(C#N)cc4)cc32)n1. The quantitative estimate of drug-likeness (QED) is 0.208. The standard InChI is InChI=1S/C38H23N7/c1-23-42-24(2)44-38(43-23)34-17-27(22-41)7-16-35(34)45-36-18-30(28-8-3-25(20-39)4-9-28)12-14-32(36)33-15-13-31(19-37(33)45)29-10-5-26(21-40)6-11-29/h3-19H,1-2H3. The van der Waals surface area contributed by atoms with Gasteiger partial charge in [-0.05, 0) is 90.7 Å². The van der Waals surface area contributed by atoms with Crippen LogP contribution in [0.1, 0.15) is 28.3 Å². The highest BCUT2D eigenvalue weighted by molar-refractivity contribution is 6.11. The largest absolute Gasteiger partial charge is 0.308 e. The second kappa shape index (κ2) is 10.9. The molecule has 0 N–H and O–H groups in total. The van der Waals surface area contributed by atoms with E-state index in [-0.39, 0.29) is 0 Å². The van der Waals surface area contributed by atoms with Crippen molar-refractivity contribution in [1.29, 1.82) is 15.8 Å². The van der Waals surface area contributed by atoms with Gasteiger partial charge < -0.3 is 4.57 Å². The molecule has 0 unspecified atom stereocenters. The molecular weight excluding hydrogens is 554 g/mol. The fourth-order valence-electron chi connectivity index (χ4n) is 5.83. The Kier molecular flexibility index (Phi) is 6.59. The highest BCUT2D eigenvalue weighted by atomic mass is 15.0. The van der Waals surface area contributed by atoms with Gasteiger partial charge in [0.1, 0.15) is 11.6 Å². The number of rotatable bonds is 4. The van der Waals surface area contributed by atoms with E-state index < -0.39 is 0 Å². The number of aromatic nitrogens is 4. The number of aryl methyl sites for hydroxylation is 2. The number of benzene rings is 5. The van der Waals surface area contributed by atoms with Crippen LogP contribution in [-0.2, 0) is 0 Å². The molecule has 0 fully saturated rings. The zero-order valence-electron chi connectivity index (χ0n) is 24.4. The Bertz CT molecular complexity index is 2280. The molecular formula is C38H23N7. The van der Waals surface area contributed by atoms with Gasteiger partial charge in [-0.3, -0.25) is 0 Å². The van der Waals surface area contributed by atoms with Crippen LogP contribution in [0.25, 0.3) is 61.1 Å². The Morgan fingerprint density at radius 3 is 1.40 bits per heavy atom. The molecule has 0 bridgehead atoms. The minimum Gasteiger partial charge on any atom is -0.308 e. The van der Waals surface area contributed by atoms with Crippen molar-refractivity contribution in [2.75, 3.05) is 0 Å². The van der Waals surface area contributed by atoms with Gasteiger partial charge in [0.05, 0.1) is 51.6 Å². The number of hydrogen-bond acceptors (Lipinski definition) is 6. The van der Waals surface area contributed by atoms with Crippen molar-refractivity contribution in [3.05, 3.63) is 131 Å². The molecule has 7 nitrogen and oxygen atoms in total. The van der Waals surface area contributed by atoms with Gasteiger partial charge in [-0.2, -0.15) is 15.8 Å². The lowest BCUT2D eigenvalue weighted by molar-refractivity contribution is 0.926. The highest BCUT2D eigenvalue weighted by Crippen LogP contribution is 2.39. The van der Waals surface area contributed by atoms with Gasteiger partial charge in [0, 0.05) is 16.3 Å². The molecule has 210 valence electrons. The smallest absolute Gasteiger partial charge is 0.165 e. The van der Waals surface area contributed by atoms with Crippen molar-refractivity contribution in [2.24, 2.45) is 0 Å². The Labute approximate surface area is 259 Å². The van der Waals surface area contributed by atoms with Crippen molar-refractivity contribution < 1.29 is 0 Å². The fourth-order valence-corrected chi connectivity index (χ4v) is 5.83. The topological polar surface area (TPSA) is 115 Å². The van der Waals surface area contributed by atoms with Gasteiger partial charge in [-0.1, -0.05) is 48.5 Å². The van der Waals surface area contributed by atoms with E-state index in [1.807, 2.05) is 80.6 Å². The number of nitrogens with zero attached hydrogens (tertiary/aromatic N) is 7. The second-order valence-corrected chi connectivity index (χ2v) is 10.8. The molecule has 7 aromatic rings. The van der Waals surface area contributed by atoms with Crippen molar-refractivity contribution in [1.82, 2.24) is 19.5 Å². The average Bonchev–Trinajstić information content (AvgIpc) is 3.40. The molecule has 7 rings (SSSR count). The summed E-state index contributed by atoms with van der Waals surface area (Å²) in [6.07, 6.45) is 0. The summed E-state index contributed by atoms with van der Waals surface area (Å²) in [5.41, 5.74) is 9.20. The summed E-state index contributed by atoms with van der Waals surface area (Å²) in [5, 5.41) is 30.6. The minimum atomic E-state index is 0.494. The van der Waals surface area contributed by atoms with Gasteiger partial charge in [0.2, 0.25) is 0 Å². The van der Waals surface area contributed by atoms with E-state index in [9.17, 15) is 15.8 Å². The van der Waals surface area contributed by atoms with Crippen molar-refractivity contribution in [3.8, 4) is 57.5 Å². The van der Waals surface area contributed by atoms with E-state index in [0.717, 1.165) is 49.7 Å². The molecule has 0 spiro atoms. The molecule has 0 aliphatic rings. The van der Waals surface area contributed by atoms with Crippen LogP contribution in [0.3, 0.4) is 0 Å². The first kappa shape index (κ1) is 27.2. The zero-order valence-corrected chi connectivity index (χ0v) is 24.4. The van der Waals surface area contributed by atoms with Crippen LogP contribution in [0.5, 0.6) is 0 Å². The van der Waals surface area contributed by atoms with E-state index in [2.05, 4.69) is 74.1 Å². The molecule has 7 heteroatoms. The number of nitriles is 3. The Balaban J connectivity index is 1.56. The maximum atomic E-state index is 9.83. The fraction of sp³-hybridized carbons (Fsp3) is 0.0526. The zero-order chi connectivity index (χ0) is 31.1. The molecule has 5 aromatic carbocycles. The van der Waals surface area contributed by atoms with Crippen LogP contribution >= 0.6 is 0 Å². The predicted molar refractivity (Wildman–Crippen MR) is 174 cm³/mol. The highest BCUT2D eigenvalue weighted by Gasteiger charge is 2.19. The lowest BCUT2D eigenvalue weighted by atomic mass is 10.0. The molecule has 0 aliphatic heterocycles. The first-order chi connectivity index (χ1) is 21.9. The Morgan fingerprint density at radius 1 is 0.489 bits per heavy atom. The molecule has 0 saturated heterocycles. The van der Waals surface area contributed by atoms with Crippen molar-refractivity contribution >= 4 is 21.8 Å². The summed E-state index contributed by atoms with van der Waals surface area (Å²) < 4.78 is 2.20. The van der Waals surface area contributed by atoms with E-state index in [4.69, 9.17) is 0 Å². The lowest BCUT2D eigenvalue weighted by Crippen LogP contribution is -2.03. The van der Waals surface area contributed by atoms with Gasteiger partial charge in [0.25, 0.3) is 0 Å². The summed E-state index contributed by atoms with van der Waals surface area (Å²) >= 11 is 0. The van der Waals surface area contributed by atoms with E-state index in [1.165, 1.54) is 0 Å². The summed E-state index contributed by atoms with van der Waals surface area (Å²) in [5.74, 6) is 1.69. The first-order valence-electron chi connectivity index (χ1n) is 14.3. The summed E-state index contributed by atoms with van der Waals surface area (Å²) in [6.45, 7) is 3.67. The minimum absolute atomic E-state index is 0.494. The Morgan fingerprint density at radius 2 is 0.933 bits per heavy atom. The third-order valence-electron chi connectivity index (χ3n) is 7.93. The first-order valence-corrected chi connectivity index (χ1v) is 14.3. The maximum absolute atomic E-state index is 9.83. The van der Waals surface area contributed by atoms with Crippen molar-refractivity contribution in [2.45, 2.75) is 13.8 Å². The molecule has 0 amide bonds. The molecule has 0 atom stereocenters. The average molecular weight is 578 g/mol. The van der Waals surface area contributed by atoms with Crippen LogP contribution in [-0.4, -0.2) is 19.5 Å². The summed E-state index contributed by atoms with van der Waals surface area (Å²) in [4.78, 5) is 13.7. The number of fused-ring (bicyclic) bond motifs is 3. The molecule has 0 radical (unpaired) electrons. The van der Waals surface area contributed by atoms with Crippen LogP contribution < -0.4 is 0 Å². The van der Waals surface area contributed by atoms with Crippen LogP contribution in [0, 0.1) is 47.8 Å². The maximum Gasteiger partial charge on any atom is 0.165 e. The monoisotopic (exact) mass is 577 g/mol. The third-order valence-corrected chi connectivity index (χ3v) is 7.93. The number of hydrogen-bond donors (Lipinski definition) is 0. The summed E-state index contributed by atoms with van der Waals surface area (Å²) in [7, 11) is 0. The van der Waals surface area contributed by atoms with E-state index in [0.29, 0.717) is 39.7 Å². The third kappa shape index (κ3) is 4.83. The molecule has 45 heavy (non-hydrogen) atoms. The van der Waals surface area contributed by atoms with Gasteiger partial charge in [-0.15, -0.1) is 0 Å². The molecule has 2 heterocycles. The van der Waals surface area contributed by atoms with Gasteiger partial charge >= 0.3 is 0 Å². The van der Waals surface area contributed by atoms with E-state index in [1.54, 1.807) is 0 Å². The molecule has 0 aliphatic carbocycles. The lowest BCUT2D eigenvalue weighted by Gasteiger charge is -2.15. The Hall–Kier alpha value is -6.62. The van der Waals surface area contributed by atoms with Crippen LogP contribution in [0.15, 0.2) is 103 Å². The second-order valence-electron chi connectivity index (χ2n) is 10.8. The summed E-state index contributed by atoms with van der Waals surface area (Å²) in [6, 6.07) is 40.1. The molecule has 2 aromatic heterocycles. The predicted octanol–water partition coefficient (Wildman–Crippen LogP) is 8.20. The van der Waals surface area contributed by atoms with Crippen LogP contribution in [0.4, 0.5) is 0 Å². The van der Waals surface area contributed by atoms with Crippen LogP contribution in [0.2, 0.25) is 0 Å². The molecule has 0 saturated carbocycles. The normalized spacial score (nSPS) is 10.8.